The molecule has 1 atom stereocenters. The Bertz CT molecular complexity index is 171. The number of hydrogen-bond donors (Lipinski definition) is 1. The second kappa shape index (κ2) is 10.1. The molecule has 0 aromatic heterocycles. The summed E-state index contributed by atoms with van der Waals surface area (Å²) in [5, 5.41) is 4.31. The molecule has 8 heteroatoms. The molecule has 0 aromatic carbocycles. The molecule has 0 aromatic rings. The molecular formula is C9H22NO5Si2. The van der Waals surface area contributed by atoms with Crippen molar-refractivity contribution in [3.8, 4) is 0 Å². The van der Waals surface area contributed by atoms with Crippen LogP contribution in [0.1, 0.15) is 6.42 Å². The Balaban J connectivity index is 0.00000121. The summed E-state index contributed by atoms with van der Waals surface area (Å²) in [7, 11) is 4.95. The molecule has 17 heavy (non-hydrogen) atoms. The van der Waals surface area contributed by atoms with Crippen molar-refractivity contribution in [3.05, 3.63) is 0 Å². The van der Waals surface area contributed by atoms with Gasteiger partial charge in [-0.1, -0.05) is 0 Å². The quantitative estimate of drug-likeness (QED) is 0.355. The van der Waals surface area contributed by atoms with Gasteiger partial charge in [-0.25, -0.2) is 0 Å². The van der Waals surface area contributed by atoms with E-state index in [1.54, 1.807) is 21.3 Å². The Kier molecular flexibility index (Phi) is 10.3. The lowest BCUT2D eigenvalue weighted by molar-refractivity contribution is 0.100. The third kappa shape index (κ3) is 7.26. The van der Waals surface area contributed by atoms with Crippen molar-refractivity contribution in [3.63, 3.8) is 0 Å². The van der Waals surface area contributed by atoms with Crippen LogP contribution in [0.25, 0.3) is 0 Å². The van der Waals surface area contributed by atoms with Crippen LogP contribution in [0.4, 0.5) is 0 Å². The van der Waals surface area contributed by atoms with Gasteiger partial charge < -0.3 is 28.2 Å². The molecule has 1 aliphatic heterocycles. The minimum atomic E-state index is -2.39. The molecule has 2 N–H and O–H groups in total. The van der Waals surface area contributed by atoms with Gasteiger partial charge in [-0.15, -0.1) is 0 Å². The number of hydrogen-bond acceptors (Lipinski definition) is 6. The van der Waals surface area contributed by atoms with E-state index < -0.39 is 8.80 Å². The summed E-state index contributed by atoms with van der Waals surface area (Å²) < 4.78 is 26.3. The second-order valence-electron chi connectivity index (χ2n) is 3.43. The van der Waals surface area contributed by atoms with E-state index >= 15 is 0 Å². The predicted molar refractivity (Wildman–Crippen MR) is 66.7 cm³/mol. The molecular weight excluding hydrogens is 258 g/mol. The molecule has 0 spiro atoms. The highest BCUT2D eigenvalue weighted by Crippen LogP contribution is 2.15. The Morgan fingerprint density at radius 1 is 1.24 bits per heavy atom. The van der Waals surface area contributed by atoms with Gasteiger partial charge in [-0.05, 0) is 6.42 Å². The van der Waals surface area contributed by atoms with Crippen molar-refractivity contribution < 1.29 is 22.8 Å². The average Bonchev–Trinajstić information content (AvgIpc) is 3.21. The summed E-state index contributed by atoms with van der Waals surface area (Å²) in [6, 6.07) is 0.780. The average molecular weight is 280 g/mol. The summed E-state index contributed by atoms with van der Waals surface area (Å²) in [4.78, 5) is 0. The lowest BCUT2D eigenvalue weighted by Crippen LogP contribution is -2.42. The van der Waals surface area contributed by atoms with Crippen LogP contribution in [-0.2, 0) is 22.8 Å². The monoisotopic (exact) mass is 280 g/mol. The normalized spacial score (nSPS) is 18.5. The van der Waals surface area contributed by atoms with Gasteiger partial charge in [0.15, 0.2) is 0 Å². The maximum absolute atomic E-state index is 5.42. The van der Waals surface area contributed by atoms with Crippen LogP contribution in [0, 0.1) is 0 Å². The zero-order chi connectivity index (χ0) is 13.1. The first-order valence-electron chi connectivity index (χ1n) is 5.40. The summed E-state index contributed by atoms with van der Waals surface area (Å²) in [6.07, 6.45) is 1.22. The summed E-state index contributed by atoms with van der Waals surface area (Å²) in [6.45, 7) is 2.24. The maximum atomic E-state index is 5.42. The third-order valence-electron chi connectivity index (χ3n) is 2.41. The standard InChI is InChI=1S/C9H20O5Si.H2NSi/c1-10-15(11-2,12-3)6-4-5-13-7-9-8-14-9;1-2/h9H,4-8H2,1-3H3;1H2. The van der Waals surface area contributed by atoms with Crippen LogP contribution in [-0.4, -0.2) is 66.5 Å². The molecule has 1 rings (SSSR count). The van der Waals surface area contributed by atoms with Gasteiger partial charge in [0.05, 0.1) is 13.2 Å². The van der Waals surface area contributed by atoms with Crippen molar-refractivity contribution in [2.45, 2.75) is 18.6 Å². The highest BCUT2D eigenvalue weighted by Gasteiger charge is 2.36. The van der Waals surface area contributed by atoms with Gasteiger partial charge in [0.2, 0.25) is 0 Å². The zero-order valence-electron chi connectivity index (χ0n) is 10.7. The van der Waals surface area contributed by atoms with Crippen LogP contribution in [0.5, 0.6) is 0 Å². The Morgan fingerprint density at radius 3 is 2.18 bits per heavy atom. The van der Waals surface area contributed by atoms with Crippen molar-refractivity contribution in [1.29, 1.82) is 0 Å². The molecule has 1 heterocycles. The van der Waals surface area contributed by atoms with Gasteiger partial charge in [0.25, 0.3) is 0 Å². The lowest BCUT2D eigenvalue weighted by atomic mass is 10.5. The summed E-state index contributed by atoms with van der Waals surface area (Å²) in [5.74, 6) is 0. The number of rotatable bonds is 9. The fourth-order valence-corrected chi connectivity index (χ4v) is 3.02. The fraction of sp³-hybridized carbons (Fsp3) is 1.00. The molecule has 1 aliphatic rings. The van der Waals surface area contributed by atoms with Crippen molar-refractivity contribution in [2.75, 3.05) is 41.2 Å². The summed E-state index contributed by atoms with van der Waals surface area (Å²) in [5.41, 5.74) is 0. The maximum Gasteiger partial charge on any atom is 0.500 e. The molecule has 0 amide bonds. The van der Waals surface area contributed by atoms with E-state index in [0.29, 0.717) is 19.3 Å². The van der Waals surface area contributed by atoms with Gasteiger partial charge in [0.1, 0.15) is 16.5 Å². The second-order valence-corrected chi connectivity index (χ2v) is 6.52. The van der Waals surface area contributed by atoms with Crippen LogP contribution < -0.4 is 5.40 Å². The first-order valence-corrected chi connectivity index (χ1v) is 7.91. The Labute approximate surface area is 108 Å². The SMILES string of the molecule is CO[Si](CCCOCC1CO1)(OC)OC.N[Si]. The fourth-order valence-electron chi connectivity index (χ4n) is 1.33. The van der Waals surface area contributed by atoms with Crippen molar-refractivity contribution in [2.24, 2.45) is 5.40 Å². The number of nitrogens with two attached hydrogens (primary N) is 1. The van der Waals surface area contributed by atoms with Crippen LogP contribution in [0.2, 0.25) is 6.04 Å². The first-order chi connectivity index (χ1) is 8.26. The molecule has 6 nitrogen and oxygen atoms in total. The van der Waals surface area contributed by atoms with Crippen LogP contribution in [0.15, 0.2) is 0 Å². The Hall–Kier alpha value is 0.194. The smallest absolute Gasteiger partial charge is 0.379 e. The predicted octanol–water partition coefficient (Wildman–Crippen LogP) is -0.301. The highest BCUT2D eigenvalue weighted by molar-refractivity contribution is 6.60. The molecule has 0 aliphatic carbocycles. The third-order valence-corrected chi connectivity index (χ3v) is 5.24. The van der Waals surface area contributed by atoms with E-state index in [1.165, 1.54) is 0 Å². The number of ether oxygens (including phenoxy) is 2. The minimum Gasteiger partial charge on any atom is -0.379 e. The van der Waals surface area contributed by atoms with Crippen molar-refractivity contribution >= 4 is 19.2 Å². The first kappa shape index (κ1) is 17.2. The molecule has 0 bridgehead atoms. The van der Waals surface area contributed by atoms with E-state index in [0.717, 1.165) is 19.1 Å². The van der Waals surface area contributed by atoms with E-state index in [2.05, 4.69) is 15.8 Å². The largest absolute Gasteiger partial charge is 0.500 e. The zero-order valence-corrected chi connectivity index (χ0v) is 12.7. The van der Waals surface area contributed by atoms with Gasteiger partial charge in [-0.3, -0.25) is 0 Å². The molecule has 1 fully saturated rings. The van der Waals surface area contributed by atoms with Crippen molar-refractivity contribution in [1.82, 2.24) is 0 Å². The van der Waals surface area contributed by atoms with Gasteiger partial charge in [-0.2, -0.15) is 0 Å². The molecule has 3 radical (unpaired) electrons. The molecule has 1 unspecified atom stereocenters. The lowest BCUT2D eigenvalue weighted by Gasteiger charge is -2.24. The topological polar surface area (TPSA) is 75.5 Å². The van der Waals surface area contributed by atoms with Gasteiger partial charge in [0, 0.05) is 34.0 Å². The molecule has 101 valence electrons. The molecule has 1 saturated heterocycles. The van der Waals surface area contributed by atoms with Crippen LogP contribution >= 0.6 is 0 Å². The Morgan fingerprint density at radius 2 is 1.76 bits per heavy atom. The number of epoxide rings is 1. The van der Waals surface area contributed by atoms with E-state index in [1.807, 2.05) is 0 Å². The van der Waals surface area contributed by atoms with E-state index in [9.17, 15) is 0 Å². The van der Waals surface area contributed by atoms with Crippen LogP contribution in [0.3, 0.4) is 0 Å². The summed E-state index contributed by atoms with van der Waals surface area (Å²) >= 11 is 0. The minimum absolute atomic E-state index is 0.333. The van der Waals surface area contributed by atoms with E-state index in [-0.39, 0.29) is 0 Å². The van der Waals surface area contributed by atoms with E-state index in [4.69, 9.17) is 22.8 Å². The highest BCUT2D eigenvalue weighted by atomic mass is 28.4. The molecule has 0 saturated carbocycles. The van der Waals surface area contributed by atoms with Gasteiger partial charge >= 0.3 is 8.80 Å².